The van der Waals surface area contributed by atoms with E-state index >= 15 is 0 Å². The molecule has 0 heterocycles. The minimum atomic E-state index is -4.54. The molecule has 21 heavy (non-hydrogen) atoms. The number of carbonyl (C=O) groups is 1. The van der Waals surface area contributed by atoms with Gasteiger partial charge in [-0.25, -0.2) is 0 Å². The lowest BCUT2D eigenvalue weighted by molar-refractivity contribution is -0.137. The van der Waals surface area contributed by atoms with E-state index in [4.69, 9.17) is 11.0 Å². The van der Waals surface area contributed by atoms with E-state index in [0.717, 1.165) is 18.2 Å². The molecular weight excluding hydrogens is 283 g/mol. The van der Waals surface area contributed by atoms with E-state index in [-0.39, 0.29) is 24.3 Å². The van der Waals surface area contributed by atoms with Crippen LogP contribution in [0, 0.1) is 17.2 Å². The lowest BCUT2D eigenvalue weighted by Gasteiger charge is -2.23. The molecule has 1 rings (SSSR count). The molecule has 1 aromatic rings. The summed E-state index contributed by atoms with van der Waals surface area (Å²) in [5.41, 5.74) is 4.47. The van der Waals surface area contributed by atoms with Gasteiger partial charge in [0.1, 0.15) is 0 Å². The molecule has 0 aliphatic rings. The highest BCUT2D eigenvalue weighted by atomic mass is 19.4. The van der Waals surface area contributed by atoms with Crippen molar-refractivity contribution >= 4 is 11.6 Å². The predicted octanol–water partition coefficient (Wildman–Crippen LogP) is 2.91. The van der Waals surface area contributed by atoms with Crippen molar-refractivity contribution < 1.29 is 18.0 Å². The van der Waals surface area contributed by atoms with E-state index < -0.39 is 23.6 Å². The van der Waals surface area contributed by atoms with Crippen LogP contribution in [-0.4, -0.2) is 23.9 Å². The van der Waals surface area contributed by atoms with Crippen LogP contribution in [0.3, 0.4) is 0 Å². The Kier molecular flexibility index (Phi) is 5.19. The number of amides is 1. The molecule has 114 valence electrons. The molecule has 0 saturated heterocycles. The first-order chi connectivity index (χ1) is 9.70. The summed E-state index contributed by atoms with van der Waals surface area (Å²) in [4.78, 5) is 13.6. The second-order valence-electron chi connectivity index (χ2n) is 4.67. The molecule has 1 aromatic carbocycles. The standard InChI is InChI=1S/C14H16F3N3O/c1-3-20(8-9(2)7-18)13(21)11-6-10(14(15,16)17)4-5-12(11)19/h4-6,9H,3,8,19H2,1-2H3. The number of benzene rings is 1. The summed E-state index contributed by atoms with van der Waals surface area (Å²) in [6.07, 6.45) is -4.54. The van der Waals surface area contributed by atoms with Gasteiger partial charge in [0.15, 0.2) is 0 Å². The van der Waals surface area contributed by atoms with E-state index in [2.05, 4.69) is 0 Å². The molecule has 1 amide bonds. The van der Waals surface area contributed by atoms with Crippen molar-refractivity contribution in [3.05, 3.63) is 29.3 Å². The fourth-order valence-corrected chi connectivity index (χ4v) is 1.82. The van der Waals surface area contributed by atoms with E-state index in [0.29, 0.717) is 0 Å². The van der Waals surface area contributed by atoms with Crippen LogP contribution in [0.4, 0.5) is 18.9 Å². The smallest absolute Gasteiger partial charge is 0.398 e. The maximum Gasteiger partial charge on any atom is 0.416 e. The van der Waals surface area contributed by atoms with Crippen LogP contribution in [0.5, 0.6) is 0 Å². The molecule has 0 radical (unpaired) electrons. The third-order valence-corrected chi connectivity index (χ3v) is 2.99. The maximum absolute atomic E-state index is 12.7. The summed E-state index contributed by atoms with van der Waals surface area (Å²) < 4.78 is 38.1. The molecule has 4 nitrogen and oxygen atoms in total. The van der Waals surface area contributed by atoms with Gasteiger partial charge in [0.05, 0.1) is 23.1 Å². The number of carbonyl (C=O) groups excluding carboxylic acids is 1. The zero-order chi connectivity index (χ0) is 16.2. The van der Waals surface area contributed by atoms with Crippen molar-refractivity contribution in [2.45, 2.75) is 20.0 Å². The summed E-state index contributed by atoms with van der Waals surface area (Å²) >= 11 is 0. The largest absolute Gasteiger partial charge is 0.416 e. The highest BCUT2D eigenvalue weighted by Gasteiger charge is 2.32. The summed E-state index contributed by atoms with van der Waals surface area (Å²) in [5.74, 6) is -1.02. The minimum Gasteiger partial charge on any atom is -0.398 e. The van der Waals surface area contributed by atoms with Crippen LogP contribution >= 0.6 is 0 Å². The van der Waals surface area contributed by atoms with E-state index in [1.165, 1.54) is 4.90 Å². The molecule has 2 N–H and O–H groups in total. The van der Waals surface area contributed by atoms with Crippen LogP contribution in [0.25, 0.3) is 0 Å². The predicted molar refractivity (Wildman–Crippen MR) is 72.2 cm³/mol. The van der Waals surface area contributed by atoms with Crippen molar-refractivity contribution in [1.82, 2.24) is 4.90 Å². The highest BCUT2D eigenvalue weighted by molar-refractivity contribution is 5.99. The molecule has 7 heteroatoms. The van der Waals surface area contributed by atoms with Crippen molar-refractivity contribution in [1.29, 1.82) is 5.26 Å². The normalized spacial score (nSPS) is 12.6. The number of alkyl halides is 3. The van der Waals surface area contributed by atoms with Gasteiger partial charge in [-0.05, 0) is 32.0 Å². The first-order valence-electron chi connectivity index (χ1n) is 6.36. The van der Waals surface area contributed by atoms with Gasteiger partial charge in [-0.15, -0.1) is 0 Å². The van der Waals surface area contributed by atoms with Crippen LogP contribution in [0.1, 0.15) is 29.8 Å². The molecule has 1 atom stereocenters. The molecule has 0 fully saturated rings. The average molecular weight is 299 g/mol. The Hall–Kier alpha value is -2.23. The summed E-state index contributed by atoms with van der Waals surface area (Å²) in [7, 11) is 0. The SMILES string of the molecule is CCN(CC(C)C#N)C(=O)c1cc(C(F)(F)F)ccc1N. The van der Waals surface area contributed by atoms with Gasteiger partial charge in [0.2, 0.25) is 0 Å². The van der Waals surface area contributed by atoms with Gasteiger partial charge in [0.25, 0.3) is 5.91 Å². The molecule has 0 aliphatic heterocycles. The second-order valence-corrected chi connectivity index (χ2v) is 4.67. The summed E-state index contributed by atoms with van der Waals surface area (Å²) in [5, 5.41) is 8.78. The number of nitriles is 1. The first kappa shape index (κ1) is 16.8. The Morgan fingerprint density at radius 1 is 1.48 bits per heavy atom. The molecule has 0 aromatic heterocycles. The average Bonchev–Trinajstić information content (AvgIpc) is 2.42. The van der Waals surface area contributed by atoms with Crippen LogP contribution in [0.2, 0.25) is 0 Å². The fraction of sp³-hybridized carbons (Fsp3) is 0.429. The van der Waals surface area contributed by atoms with E-state index in [1.807, 2.05) is 6.07 Å². The van der Waals surface area contributed by atoms with Crippen LogP contribution in [-0.2, 0) is 6.18 Å². The second kappa shape index (κ2) is 6.48. The topological polar surface area (TPSA) is 70.1 Å². The van der Waals surface area contributed by atoms with Crippen LogP contribution in [0.15, 0.2) is 18.2 Å². The monoisotopic (exact) mass is 299 g/mol. The van der Waals surface area contributed by atoms with Crippen molar-refractivity contribution in [2.24, 2.45) is 5.92 Å². The highest BCUT2D eigenvalue weighted by Crippen LogP contribution is 2.31. The zero-order valence-corrected chi connectivity index (χ0v) is 11.7. The first-order valence-corrected chi connectivity index (χ1v) is 6.36. The Morgan fingerprint density at radius 2 is 2.10 bits per heavy atom. The van der Waals surface area contributed by atoms with Gasteiger partial charge in [-0.2, -0.15) is 18.4 Å². The molecular formula is C14H16F3N3O. The minimum absolute atomic E-state index is 0.0175. The van der Waals surface area contributed by atoms with Gasteiger partial charge in [-0.1, -0.05) is 0 Å². The number of nitrogen functional groups attached to an aromatic ring is 1. The Morgan fingerprint density at radius 3 is 2.57 bits per heavy atom. The van der Waals surface area contributed by atoms with Crippen molar-refractivity contribution in [3.63, 3.8) is 0 Å². The van der Waals surface area contributed by atoms with Gasteiger partial charge < -0.3 is 10.6 Å². The van der Waals surface area contributed by atoms with E-state index in [1.54, 1.807) is 13.8 Å². The third kappa shape index (κ3) is 4.12. The quantitative estimate of drug-likeness (QED) is 0.869. The summed E-state index contributed by atoms with van der Waals surface area (Å²) in [6.45, 7) is 3.74. The number of hydrogen-bond donors (Lipinski definition) is 1. The lowest BCUT2D eigenvalue weighted by Crippen LogP contribution is -2.35. The maximum atomic E-state index is 12.7. The molecule has 0 bridgehead atoms. The number of anilines is 1. The molecule has 1 unspecified atom stereocenters. The Bertz CT molecular complexity index is 564. The number of nitrogens with zero attached hydrogens (tertiary/aromatic N) is 2. The Labute approximate surface area is 121 Å². The number of hydrogen-bond acceptors (Lipinski definition) is 3. The zero-order valence-electron chi connectivity index (χ0n) is 11.7. The van der Waals surface area contributed by atoms with Crippen molar-refractivity contribution in [3.8, 4) is 6.07 Å². The Balaban J connectivity index is 3.13. The van der Waals surface area contributed by atoms with Crippen LogP contribution < -0.4 is 5.73 Å². The fourth-order valence-electron chi connectivity index (χ4n) is 1.82. The lowest BCUT2D eigenvalue weighted by atomic mass is 10.1. The van der Waals surface area contributed by atoms with Crippen molar-refractivity contribution in [2.75, 3.05) is 18.8 Å². The number of halogens is 3. The van der Waals surface area contributed by atoms with Gasteiger partial charge >= 0.3 is 6.18 Å². The summed E-state index contributed by atoms with van der Waals surface area (Å²) in [6, 6.07) is 4.63. The van der Waals surface area contributed by atoms with Gasteiger partial charge in [-0.3, -0.25) is 4.79 Å². The van der Waals surface area contributed by atoms with E-state index in [9.17, 15) is 18.0 Å². The third-order valence-electron chi connectivity index (χ3n) is 2.99. The molecule has 0 aliphatic carbocycles. The molecule has 0 spiro atoms. The number of rotatable bonds is 4. The number of nitrogens with two attached hydrogens (primary N) is 1. The molecule has 0 saturated carbocycles. The van der Waals surface area contributed by atoms with Gasteiger partial charge in [0, 0.05) is 18.8 Å².